The largest absolute Gasteiger partial charge is 0.369 e. The first kappa shape index (κ1) is 21.2. The summed E-state index contributed by atoms with van der Waals surface area (Å²) in [5.41, 5.74) is 3.15. The molecule has 0 saturated carbocycles. The van der Waals surface area contributed by atoms with E-state index in [-0.39, 0.29) is 0 Å². The summed E-state index contributed by atoms with van der Waals surface area (Å²) in [6, 6.07) is 9.33. The normalized spacial score (nSPS) is 15.3. The van der Waals surface area contributed by atoms with Gasteiger partial charge < -0.3 is 4.90 Å². The SMILES string of the molecule is Cc1c(/C=C/CN2CCN(c3cc(Cl)cc(Cl)c3)CC2)cnn1-c1ncccc1Cl. The molecule has 4 rings (SSSR count). The fourth-order valence-corrected chi connectivity index (χ4v) is 4.29. The van der Waals surface area contributed by atoms with Crippen LogP contribution in [0.25, 0.3) is 11.9 Å². The number of pyridine rings is 1. The van der Waals surface area contributed by atoms with Crippen molar-refractivity contribution in [3.63, 3.8) is 0 Å². The van der Waals surface area contributed by atoms with E-state index in [1.165, 1.54) is 0 Å². The lowest BCUT2D eigenvalue weighted by Gasteiger charge is -2.35. The zero-order valence-electron chi connectivity index (χ0n) is 16.6. The van der Waals surface area contributed by atoms with Crippen LogP contribution in [0.1, 0.15) is 11.3 Å². The first-order chi connectivity index (χ1) is 14.5. The van der Waals surface area contributed by atoms with Crippen LogP contribution in [0.2, 0.25) is 15.1 Å². The van der Waals surface area contributed by atoms with Crippen molar-refractivity contribution in [2.45, 2.75) is 6.92 Å². The van der Waals surface area contributed by atoms with Crippen molar-refractivity contribution in [2.24, 2.45) is 0 Å². The Hall–Kier alpha value is -2.05. The van der Waals surface area contributed by atoms with Crippen molar-refractivity contribution in [2.75, 3.05) is 37.6 Å². The molecule has 5 nitrogen and oxygen atoms in total. The molecule has 8 heteroatoms. The molecule has 0 bridgehead atoms. The number of piperazine rings is 1. The van der Waals surface area contributed by atoms with Gasteiger partial charge in [-0.15, -0.1) is 0 Å². The molecule has 3 heterocycles. The lowest BCUT2D eigenvalue weighted by Crippen LogP contribution is -2.46. The van der Waals surface area contributed by atoms with Crippen LogP contribution < -0.4 is 4.90 Å². The minimum atomic E-state index is 0.582. The van der Waals surface area contributed by atoms with Gasteiger partial charge in [0.05, 0.1) is 16.9 Å². The van der Waals surface area contributed by atoms with Crippen LogP contribution in [0.5, 0.6) is 0 Å². The highest BCUT2D eigenvalue weighted by Crippen LogP contribution is 2.26. The molecule has 0 unspecified atom stereocenters. The molecule has 1 aromatic carbocycles. The zero-order valence-corrected chi connectivity index (χ0v) is 18.9. The summed E-state index contributed by atoms with van der Waals surface area (Å²) in [6.45, 7) is 6.76. The summed E-state index contributed by atoms with van der Waals surface area (Å²) in [6.07, 6.45) is 7.85. The first-order valence-corrected chi connectivity index (χ1v) is 10.9. The molecule has 0 N–H and O–H groups in total. The van der Waals surface area contributed by atoms with Gasteiger partial charge in [-0.25, -0.2) is 9.67 Å². The molecule has 1 saturated heterocycles. The number of halogens is 3. The van der Waals surface area contributed by atoms with Crippen LogP contribution in [-0.4, -0.2) is 52.4 Å². The third kappa shape index (κ3) is 4.81. The second-order valence-electron chi connectivity index (χ2n) is 7.22. The summed E-state index contributed by atoms with van der Waals surface area (Å²) in [5, 5.41) is 6.37. The van der Waals surface area contributed by atoms with Crippen LogP contribution >= 0.6 is 34.8 Å². The molecule has 2 aromatic heterocycles. The summed E-state index contributed by atoms with van der Waals surface area (Å²) in [5.74, 6) is 0.647. The van der Waals surface area contributed by atoms with Gasteiger partial charge in [-0.05, 0) is 37.3 Å². The number of anilines is 1. The van der Waals surface area contributed by atoms with E-state index in [4.69, 9.17) is 34.8 Å². The molecule has 156 valence electrons. The number of hydrogen-bond acceptors (Lipinski definition) is 4. The molecular weight excluding hydrogens is 441 g/mol. The van der Waals surface area contributed by atoms with Crippen molar-refractivity contribution < 1.29 is 0 Å². The molecule has 0 atom stereocenters. The summed E-state index contributed by atoms with van der Waals surface area (Å²) >= 11 is 18.5. The van der Waals surface area contributed by atoms with Crippen molar-refractivity contribution in [1.82, 2.24) is 19.7 Å². The van der Waals surface area contributed by atoms with Crippen LogP contribution in [0, 0.1) is 6.92 Å². The van der Waals surface area contributed by atoms with E-state index in [2.05, 4.69) is 32.0 Å². The van der Waals surface area contributed by atoms with E-state index < -0.39 is 0 Å². The standard InChI is InChI=1S/C22H22Cl3N5/c1-16-17(15-27-30(16)22-21(25)5-2-6-26-22)4-3-7-28-8-10-29(11-9-28)20-13-18(23)12-19(24)14-20/h2-6,12-15H,7-11H2,1H3/b4-3+. The van der Waals surface area contributed by atoms with Gasteiger partial charge in [0, 0.05) is 60.2 Å². The Morgan fingerprint density at radius 3 is 2.47 bits per heavy atom. The number of aromatic nitrogens is 3. The minimum absolute atomic E-state index is 0.582. The molecule has 0 radical (unpaired) electrons. The highest BCUT2D eigenvalue weighted by atomic mass is 35.5. The molecule has 3 aromatic rings. The third-order valence-electron chi connectivity index (χ3n) is 5.23. The lowest BCUT2D eigenvalue weighted by molar-refractivity contribution is 0.284. The van der Waals surface area contributed by atoms with Gasteiger partial charge >= 0.3 is 0 Å². The topological polar surface area (TPSA) is 37.2 Å². The Kier molecular flexibility index (Phi) is 6.64. The Morgan fingerprint density at radius 2 is 1.77 bits per heavy atom. The third-order valence-corrected chi connectivity index (χ3v) is 5.96. The number of hydrogen-bond donors (Lipinski definition) is 0. The summed E-state index contributed by atoms with van der Waals surface area (Å²) < 4.78 is 1.77. The van der Waals surface area contributed by atoms with Crippen molar-refractivity contribution in [3.05, 3.63) is 75.1 Å². The highest BCUT2D eigenvalue weighted by molar-refractivity contribution is 6.35. The van der Waals surface area contributed by atoms with E-state index in [9.17, 15) is 0 Å². The van der Waals surface area contributed by atoms with Gasteiger partial charge in [-0.3, -0.25) is 4.90 Å². The fraction of sp³-hybridized carbons (Fsp3) is 0.273. The molecule has 30 heavy (non-hydrogen) atoms. The van der Waals surface area contributed by atoms with Crippen LogP contribution in [0.4, 0.5) is 5.69 Å². The Labute approximate surface area is 191 Å². The number of nitrogens with zero attached hydrogens (tertiary/aromatic N) is 5. The van der Waals surface area contributed by atoms with Crippen molar-refractivity contribution >= 4 is 46.6 Å². The van der Waals surface area contributed by atoms with Gasteiger partial charge in [0.2, 0.25) is 0 Å². The predicted octanol–water partition coefficient (Wildman–Crippen LogP) is 5.37. The first-order valence-electron chi connectivity index (χ1n) is 9.77. The monoisotopic (exact) mass is 461 g/mol. The average Bonchev–Trinajstić information content (AvgIpc) is 3.08. The Balaban J connectivity index is 1.34. The maximum atomic E-state index is 6.25. The molecule has 1 aliphatic rings. The van der Waals surface area contributed by atoms with Crippen molar-refractivity contribution in [3.8, 4) is 5.82 Å². The van der Waals surface area contributed by atoms with Gasteiger partial charge in [-0.1, -0.05) is 47.0 Å². The zero-order chi connectivity index (χ0) is 21.1. The van der Waals surface area contributed by atoms with E-state index in [1.807, 2.05) is 37.4 Å². The number of rotatable bonds is 5. The Morgan fingerprint density at radius 1 is 1.03 bits per heavy atom. The molecule has 0 aliphatic carbocycles. The highest BCUT2D eigenvalue weighted by Gasteiger charge is 2.17. The van der Waals surface area contributed by atoms with E-state index in [0.29, 0.717) is 20.9 Å². The fourth-order valence-electron chi connectivity index (χ4n) is 3.57. The van der Waals surface area contributed by atoms with Gasteiger partial charge in [0.15, 0.2) is 5.82 Å². The maximum Gasteiger partial charge on any atom is 0.172 e. The van der Waals surface area contributed by atoms with Crippen LogP contribution in [0.15, 0.2) is 48.8 Å². The quantitative estimate of drug-likeness (QED) is 0.511. The van der Waals surface area contributed by atoms with Gasteiger partial charge in [0.25, 0.3) is 0 Å². The van der Waals surface area contributed by atoms with Crippen LogP contribution in [0.3, 0.4) is 0 Å². The van der Waals surface area contributed by atoms with Crippen LogP contribution in [-0.2, 0) is 0 Å². The van der Waals surface area contributed by atoms with E-state index in [1.54, 1.807) is 16.9 Å². The predicted molar refractivity (Wildman–Crippen MR) is 125 cm³/mol. The van der Waals surface area contributed by atoms with E-state index in [0.717, 1.165) is 49.7 Å². The maximum absolute atomic E-state index is 6.25. The van der Waals surface area contributed by atoms with Gasteiger partial charge in [-0.2, -0.15) is 5.10 Å². The molecule has 0 amide bonds. The number of benzene rings is 1. The molecular formula is C22H22Cl3N5. The summed E-state index contributed by atoms with van der Waals surface area (Å²) in [7, 11) is 0. The molecule has 1 aliphatic heterocycles. The lowest BCUT2D eigenvalue weighted by atomic mass is 10.2. The minimum Gasteiger partial charge on any atom is -0.369 e. The average molecular weight is 463 g/mol. The summed E-state index contributed by atoms with van der Waals surface area (Å²) in [4.78, 5) is 9.08. The van der Waals surface area contributed by atoms with Crippen molar-refractivity contribution in [1.29, 1.82) is 0 Å². The second kappa shape index (κ2) is 9.40. The molecule has 0 spiro atoms. The molecule has 1 fully saturated rings. The van der Waals surface area contributed by atoms with Gasteiger partial charge in [0.1, 0.15) is 0 Å². The van der Waals surface area contributed by atoms with E-state index >= 15 is 0 Å². The second-order valence-corrected chi connectivity index (χ2v) is 8.50. The smallest absolute Gasteiger partial charge is 0.172 e. The Bertz CT molecular complexity index is 1030.